The maximum atomic E-state index is 14.8. The highest BCUT2D eigenvalue weighted by atomic mass is 32.2. The lowest BCUT2D eigenvalue weighted by Gasteiger charge is -2.33. The number of piperidine rings is 1. The zero-order chi connectivity index (χ0) is 42.2. The minimum Gasteiger partial charge on any atom is -0.497 e. The molecule has 0 radical (unpaired) electrons. The van der Waals surface area contributed by atoms with Gasteiger partial charge in [-0.05, 0) is 68.9 Å². The van der Waals surface area contributed by atoms with Crippen molar-refractivity contribution in [2.75, 3.05) is 26.7 Å². The second-order valence-corrected chi connectivity index (χ2v) is 18.7. The van der Waals surface area contributed by atoms with Gasteiger partial charge in [0.05, 0.1) is 35.8 Å². The molecule has 2 saturated carbocycles. The number of pyridine rings is 2. The Bertz CT molecular complexity index is 2280. The molecule has 2 saturated heterocycles. The molecule has 2 aliphatic carbocycles. The first-order chi connectivity index (χ1) is 28.7. The molecule has 4 fully saturated rings. The Morgan fingerprint density at radius 1 is 1.02 bits per heavy atom. The summed E-state index contributed by atoms with van der Waals surface area (Å²) in [5.41, 5.74) is 0.163. The molecule has 5 atom stereocenters. The fraction of sp³-hybridized carbons (Fsp3) is 0.535. The second-order valence-electron chi connectivity index (χ2n) is 16.7. The molecule has 1 aromatic carbocycles. The quantitative estimate of drug-likeness (QED) is 0.281. The Labute approximate surface area is 347 Å². The molecule has 0 unspecified atom stereocenters. The number of fused-ring (bicyclic) bond motifs is 3. The van der Waals surface area contributed by atoms with Crippen molar-refractivity contribution in [3.05, 3.63) is 60.8 Å². The van der Waals surface area contributed by atoms with Gasteiger partial charge in [-0.1, -0.05) is 31.1 Å². The second kappa shape index (κ2) is 16.7. The number of nitrogens with zero attached hydrogens (tertiary/aromatic N) is 4. The fourth-order valence-corrected chi connectivity index (χ4v) is 9.99. The molecule has 3 aromatic rings. The SMILES string of the molecule is COc1ccc2nc(-c3ccccn3)cc(O[C@@H]3C[C@H]4C(=O)N[C@@]5(C(=O)NS(=O)(=O)C6CC6)C[C@@H]5/C=C\CCCCC[C@H](CC(=O)N5CCC(F)(F)CC5)C(=O)N4C3)c2c1. The predicted octanol–water partition coefficient (Wildman–Crippen LogP) is 4.92. The number of benzene rings is 1. The number of hydrogen-bond donors (Lipinski definition) is 2. The molecule has 4 amide bonds. The van der Waals surface area contributed by atoms with Crippen molar-refractivity contribution >= 4 is 44.6 Å². The third kappa shape index (κ3) is 8.96. The number of alkyl halides is 2. The molecule has 3 aliphatic heterocycles. The summed E-state index contributed by atoms with van der Waals surface area (Å²) in [5.74, 6) is -5.54. The van der Waals surface area contributed by atoms with Crippen LogP contribution in [-0.4, -0.2) is 107 Å². The van der Waals surface area contributed by atoms with Gasteiger partial charge in [-0.25, -0.2) is 22.2 Å². The first-order valence-corrected chi connectivity index (χ1v) is 22.4. The van der Waals surface area contributed by atoms with Crippen molar-refractivity contribution in [1.29, 1.82) is 0 Å². The van der Waals surface area contributed by atoms with E-state index in [4.69, 9.17) is 14.5 Å². The van der Waals surface area contributed by atoms with Gasteiger partial charge in [-0.2, -0.15) is 0 Å². The van der Waals surface area contributed by atoms with Crippen LogP contribution in [0.15, 0.2) is 60.8 Å². The third-order valence-corrected chi connectivity index (χ3v) is 14.2. The number of likely N-dealkylation sites (tertiary alicyclic amines) is 1. The molecule has 8 rings (SSSR count). The van der Waals surface area contributed by atoms with Crippen molar-refractivity contribution in [1.82, 2.24) is 29.8 Å². The molecule has 320 valence electrons. The van der Waals surface area contributed by atoms with Gasteiger partial charge in [0.15, 0.2) is 0 Å². The number of nitrogens with one attached hydrogen (secondary N) is 2. The van der Waals surface area contributed by atoms with E-state index in [0.29, 0.717) is 65.9 Å². The molecule has 17 heteroatoms. The first-order valence-electron chi connectivity index (χ1n) is 20.8. The number of aromatic nitrogens is 2. The zero-order valence-corrected chi connectivity index (χ0v) is 34.3. The monoisotopic (exact) mass is 848 g/mol. The van der Waals surface area contributed by atoms with Gasteiger partial charge >= 0.3 is 0 Å². The minimum atomic E-state index is -3.94. The largest absolute Gasteiger partial charge is 0.497 e. The topological polar surface area (TPSA) is 177 Å². The number of carbonyl (C=O) groups excluding carboxylic acids is 4. The first kappa shape index (κ1) is 41.5. The van der Waals surface area contributed by atoms with Gasteiger partial charge < -0.3 is 24.6 Å². The number of amides is 4. The average molecular weight is 849 g/mol. The smallest absolute Gasteiger partial charge is 0.259 e. The van der Waals surface area contributed by atoms with Crippen LogP contribution in [0.5, 0.6) is 11.5 Å². The van der Waals surface area contributed by atoms with E-state index >= 15 is 0 Å². The third-order valence-electron chi connectivity index (χ3n) is 12.4. The van der Waals surface area contributed by atoms with E-state index in [1.54, 1.807) is 43.6 Å². The summed E-state index contributed by atoms with van der Waals surface area (Å²) in [7, 11) is -2.40. The Kier molecular flexibility index (Phi) is 11.6. The normalized spacial score (nSPS) is 27.7. The van der Waals surface area contributed by atoms with Crippen LogP contribution in [0.25, 0.3) is 22.3 Å². The number of rotatable bonds is 9. The fourth-order valence-electron chi connectivity index (χ4n) is 8.63. The van der Waals surface area contributed by atoms with E-state index in [0.717, 1.165) is 12.8 Å². The standard InChI is InChI=1S/C43H50F2N6O8S/c1-58-29-12-15-33-32(22-29)37(24-35(47-33)34-11-7-8-18-46-34)59-30-23-36-39(53)48-43(41(55)49-60(56,57)31-13-14-31)25-28(43)10-6-4-2-3-5-9-27(40(54)51(36)26-30)21-38(52)50-19-16-42(44,45)17-20-50/h6-8,10-12,15,18,22,24,27-28,30-31,36H,2-5,9,13-14,16-17,19-21,23,25-26H2,1H3,(H,48,53)(H,49,55)/b10-6-/t27-,28+,30-,36+,43+/m1/s1. The van der Waals surface area contributed by atoms with Gasteiger partial charge in [-0.3, -0.25) is 28.9 Å². The lowest BCUT2D eigenvalue weighted by Crippen LogP contribution is -2.57. The minimum absolute atomic E-state index is 0.00469. The molecule has 5 aliphatic rings. The van der Waals surface area contributed by atoms with Crippen LogP contribution in [0.4, 0.5) is 8.78 Å². The summed E-state index contributed by atoms with van der Waals surface area (Å²) in [5, 5.41) is 2.84. The summed E-state index contributed by atoms with van der Waals surface area (Å²) >= 11 is 0. The van der Waals surface area contributed by atoms with E-state index < -0.39 is 87.2 Å². The Morgan fingerprint density at radius 2 is 1.82 bits per heavy atom. The van der Waals surface area contributed by atoms with E-state index in [1.165, 1.54) is 9.80 Å². The predicted molar refractivity (Wildman–Crippen MR) is 216 cm³/mol. The summed E-state index contributed by atoms with van der Waals surface area (Å²) in [6, 6.07) is 11.4. The molecular weight excluding hydrogens is 799 g/mol. The molecular formula is C43H50F2N6O8S. The Hall–Kier alpha value is -5.19. The van der Waals surface area contributed by atoms with Gasteiger partial charge in [0, 0.05) is 68.3 Å². The van der Waals surface area contributed by atoms with Crippen molar-refractivity contribution < 1.29 is 45.9 Å². The summed E-state index contributed by atoms with van der Waals surface area (Å²) in [6.07, 6.45) is 7.73. The van der Waals surface area contributed by atoms with Gasteiger partial charge in [0.1, 0.15) is 29.2 Å². The molecule has 2 aromatic heterocycles. The van der Waals surface area contributed by atoms with E-state index in [-0.39, 0.29) is 38.9 Å². The van der Waals surface area contributed by atoms with Crippen LogP contribution in [0.3, 0.4) is 0 Å². The van der Waals surface area contributed by atoms with Crippen LogP contribution in [-0.2, 0) is 29.2 Å². The van der Waals surface area contributed by atoms with Crippen LogP contribution in [0.2, 0.25) is 0 Å². The number of allylic oxidation sites excluding steroid dienone is 1. The maximum absolute atomic E-state index is 14.8. The zero-order valence-electron chi connectivity index (χ0n) is 33.5. The average Bonchev–Trinajstić information content (AvgIpc) is 4.16. The lowest BCUT2D eigenvalue weighted by atomic mass is 9.94. The number of carbonyl (C=O) groups is 4. The van der Waals surface area contributed by atoms with Crippen molar-refractivity contribution in [3.8, 4) is 22.9 Å². The lowest BCUT2D eigenvalue weighted by molar-refractivity contribution is -0.147. The van der Waals surface area contributed by atoms with Crippen LogP contribution >= 0.6 is 0 Å². The number of ether oxygens (including phenoxy) is 2. The van der Waals surface area contributed by atoms with Crippen molar-refractivity contribution in [2.24, 2.45) is 11.8 Å². The molecule has 5 heterocycles. The number of sulfonamides is 1. The Balaban J connectivity index is 1.12. The molecule has 0 spiro atoms. The summed E-state index contributed by atoms with van der Waals surface area (Å²) in [4.78, 5) is 69.0. The highest BCUT2D eigenvalue weighted by Gasteiger charge is 2.62. The van der Waals surface area contributed by atoms with E-state index in [1.807, 2.05) is 24.3 Å². The highest BCUT2D eigenvalue weighted by Crippen LogP contribution is 2.46. The van der Waals surface area contributed by atoms with E-state index in [2.05, 4.69) is 15.0 Å². The Morgan fingerprint density at radius 3 is 2.55 bits per heavy atom. The van der Waals surface area contributed by atoms with Gasteiger partial charge in [0.25, 0.3) is 11.8 Å². The number of halogens is 2. The molecule has 60 heavy (non-hydrogen) atoms. The maximum Gasteiger partial charge on any atom is 0.259 e. The molecule has 2 N–H and O–H groups in total. The van der Waals surface area contributed by atoms with Gasteiger partial charge in [-0.15, -0.1) is 0 Å². The van der Waals surface area contributed by atoms with Crippen molar-refractivity contribution in [3.63, 3.8) is 0 Å². The molecule has 14 nitrogen and oxygen atoms in total. The van der Waals surface area contributed by atoms with Gasteiger partial charge in [0.2, 0.25) is 27.7 Å². The highest BCUT2D eigenvalue weighted by molar-refractivity contribution is 7.91. The summed E-state index contributed by atoms with van der Waals surface area (Å²) < 4.78 is 68.4. The van der Waals surface area contributed by atoms with Crippen molar-refractivity contribution in [2.45, 2.75) is 106 Å². The van der Waals surface area contributed by atoms with E-state index in [9.17, 15) is 36.4 Å². The molecule has 0 bridgehead atoms. The van der Waals surface area contributed by atoms with Crippen LogP contribution in [0, 0.1) is 11.8 Å². The number of hydrogen-bond acceptors (Lipinski definition) is 10. The van der Waals surface area contributed by atoms with Crippen LogP contribution < -0.4 is 19.5 Å². The summed E-state index contributed by atoms with van der Waals surface area (Å²) in [6.45, 7) is -0.282. The van der Waals surface area contributed by atoms with Crippen LogP contribution in [0.1, 0.15) is 77.0 Å². The number of methoxy groups -OCH3 is 1.